The quantitative estimate of drug-likeness (QED) is 0.850. The van der Waals surface area contributed by atoms with Gasteiger partial charge in [0.25, 0.3) is 0 Å². The molecule has 1 fully saturated rings. The van der Waals surface area contributed by atoms with Crippen LogP contribution in [0.25, 0.3) is 0 Å². The van der Waals surface area contributed by atoms with Crippen LogP contribution in [-0.2, 0) is 13.1 Å². The van der Waals surface area contributed by atoms with Gasteiger partial charge < -0.3 is 5.32 Å². The Morgan fingerprint density at radius 1 is 1.41 bits per heavy atom. The fourth-order valence-electron chi connectivity index (χ4n) is 2.86. The van der Waals surface area contributed by atoms with Crippen LogP contribution in [0.4, 0.5) is 0 Å². The first-order chi connectivity index (χ1) is 8.31. The van der Waals surface area contributed by atoms with Crippen LogP contribution < -0.4 is 5.32 Å². The first-order valence-corrected chi connectivity index (χ1v) is 7.05. The van der Waals surface area contributed by atoms with E-state index in [1.54, 1.807) is 0 Å². The molecule has 1 aromatic rings. The van der Waals surface area contributed by atoms with Crippen molar-refractivity contribution in [3.8, 4) is 0 Å². The van der Waals surface area contributed by atoms with Crippen LogP contribution in [0, 0.1) is 5.92 Å². The third-order valence-electron chi connectivity index (χ3n) is 4.07. The number of hydrogen-bond donors (Lipinski definition) is 1. The van der Waals surface area contributed by atoms with E-state index in [1.807, 2.05) is 6.20 Å². The van der Waals surface area contributed by atoms with E-state index in [1.165, 1.54) is 37.8 Å². The molecule has 0 bridgehead atoms. The van der Waals surface area contributed by atoms with Gasteiger partial charge in [-0.25, -0.2) is 0 Å². The molecular formula is C14H25N3. The van der Waals surface area contributed by atoms with E-state index in [0.717, 1.165) is 19.0 Å². The largest absolute Gasteiger partial charge is 0.308 e. The van der Waals surface area contributed by atoms with Crippen LogP contribution in [-0.4, -0.2) is 15.8 Å². The second-order valence-electron chi connectivity index (χ2n) is 5.21. The molecule has 1 aliphatic carbocycles. The van der Waals surface area contributed by atoms with E-state index in [0.29, 0.717) is 6.04 Å². The maximum atomic E-state index is 4.30. The number of nitrogens with zero attached hydrogens (tertiary/aromatic N) is 2. The topological polar surface area (TPSA) is 29.9 Å². The van der Waals surface area contributed by atoms with Gasteiger partial charge in [0, 0.05) is 25.3 Å². The summed E-state index contributed by atoms with van der Waals surface area (Å²) in [6, 6.07) is 2.75. The predicted octanol–water partition coefficient (Wildman–Crippen LogP) is 2.96. The van der Waals surface area contributed by atoms with Crippen molar-refractivity contribution >= 4 is 0 Å². The highest BCUT2D eigenvalue weighted by molar-refractivity contribution is 5.00. The summed E-state index contributed by atoms with van der Waals surface area (Å²) in [7, 11) is 0. The highest BCUT2D eigenvalue weighted by Crippen LogP contribution is 2.26. The van der Waals surface area contributed by atoms with Crippen molar-refractivity contribution in [2.45, 2.75) is 65.1 Å². The molecule has 0 aromatic carbocycles. The van der Waals surface area contributed by atoms with E-state index < -0.39 is 0 Å². The molecule has 0 aliphatic heterocycles. The Bertz CT molecular complexity index is 326. The van der Waals surface area contributed by atoms with Gasteiger partial charge in [0.2, 0.25) is 0 Å². The van der Waals surface area contributed by atoms with Crippen LogP contribution >= 0.6 is 0 Å². The molecule has 3 nitrogen and oxygen atoms in total. The summed E-state index contributed by atoms with van der Waals surface area (Å²) in [5, 5.41) is 7.97. The predicted molar refractivity (Wildman–Crippen MR) is 70.8 cm³/mol. The molecule has 0 amide bonds. The molecule has 1 saturated carbocycles. The first kappa shape index (κ1) is 12.6. The average molecular weight is 235 g/mol. The van der Waals surface area contributed by atoms with Gasteiger partial charge in [-0.2, -0.15) is 5.10 Å². The van der Waals surface area contributed by atoms with Crippen molar-refractivity contribution in [1.82, 2.24) is 15.1 Å². The van der Waals surface area contributed by atoms with Crippen molar-refractivity contribution in [2.75, 3.05) is 0 Å². The van der Waals surface area contributed by atoms with Crippen LogP contribution in [0.5, 0.6) is 0 Å². The van der Waals surface area contributed by atoms with E-state index in [9.17, 15) is 0 Å². The second-order valence-corrected chi connectivity index (χ2v) is 5.21. The summed E-state index contributed by atoms with van der Waals surface area (Å²) in [6.07, 6.45) is 8.98. The number of aryl methyl sites for hydroxylation is 1. The van der Waals surface area contributed by atoms with E-state index >= 15 is 0 Å². The van der Waals surface area contributed by atoms with Gasteiger partial charge in [-0.1, -0.05) is 19.3 Å². The van der Waals surface area contributed by atoms with Gasteiger partial charge in [-0.05, 0) is 38.7 Å². The van der Waals surface area contributed by atoms with E-state index in [-0.39, 0.29) is 0 Å². The SMILES string of the molecule is CCn1nccc1CNC(C)C1CCCCC1. The molecule has 1 N–H and O–H groups in total. The van der Waals surface area contributed by atoms with Gasteiger partial charge in [-0.3, -0.25) is 4.68 Å². The van der Waals surface area contributed by atoms with Crippen molar-refractivity contribution in [1.29, 1.82) is 0 Å². The molecule has 0 saturated heterocycles. The zero-order valence-electron chi connectivity index (χ0n) is 11.2. The van der Waals surface area contributed by atoms with E-state index in [4.69, 9.17) is 0 Å². The summed E-state index contributed by atoms with van der Waals surface area (Å²) in [4.78, 5) is 0. The number of aromatic nitrogens is 2. The molecule has 2 rings (SSSR count). The number of nitrogens with one attached hydrogen (secondary N) is 1. The van der Waals surface area contributed by atoms with Gasteiger partial charge in [0.15, 0.2) is 0 Å². The van der Waals surface area contributed by atoms with Gasteiger partial charge in [-0.15, -0.1) is 0 Å². The lowest BCUT2D eigenvalue weighted by Gasteiger charge is -2.28. The Morgan fingerprint density at radius 2 is 2.18 bits per heavy atom. The summed E-state index contributed by atoms with van der Waals surface area (Å²) in [5.41, 5.74) is 1.30. The molecule has 1 aliphatic rings. The monoisotopic (exact) mass is 235 g/mol. The summed E-state index contributed by atoms with van der Waals surface area (Å²) < 4.78 is 2.07. The zero-order chi connectivity index (χ0) is 12.1. The van der Waals surface area contributed by atoms with Crippen molar-refractivity contribution in [3.63, 3.8) is 0 Å². The minimum Gasteiger partial charge on any atom is -0.308 e. The minimum atomic E-state index is 0.635. The highest BCUT2D eigenvalue weighted by atomic mass is 15.3. The first-order valence-electron chi connectivity index (χ1n) is 7.05. The smallest absolute Gasteiger partial charge is 0.0522 e. The van der Waals surface area contributed by atoms with Crippen molar-refractivity contribution in [2.24, 2.45) is 5.92 Å². The Balaban J connectivity index is 1.80. The Hall–Kier alpha value is -0.830. The van der Waals surface area contributed by atoms with Crippen LogP contribution in [0.15, 0.2) is 12.3 Å². The average Bonchev–Trinajstić information content (AvgIpc) is 2.84. The number of rotatable bonds is 5. The maximum absolute atomic E-state index is 4.30. The molecule has 0 radical (unpaired) electrons. The molecule has 17 heavy (non-hydrogen) atoms. The fourth-order valence-corrected chi connectivity index (χ4v) is 2.86. The second kappa shape index (κ2) is 6.20. The summed E-state index contributed by atoms with van der Waals surface area (Å²) in [6.45, 7) is 6.39. The van der Waals surface area contributed by atoms with Crippen LogP contribution in [0.3, 0.4) is 0 Å². The lowest BCUT2D eigenvalue weighted by molar-refractivity contribution is 0.279. The van der Waals surface area contributed by atoms with Crippen molar-refractivity contribution in [3.05, 3.63) is 18.0 Å². The van der Waals surface area contributed by atoms with Crippen molar-refractivity contribution < 1.29 is 0 Å². The molecule has 1 heterocycles. The third kappa shape index (κ3) is 3.32. The standard InChI is InChI=1S/C14H25N3/c1-3-17-14(9-10-16-17)11-15-12(2)13-7-5-4-6-8-13/h9-10,12-13,15H,3-8,11H2,1-2H3. The van der Waals surface area contributed by atoms with Gasteiger partial charge >= 0.3 is 0 Å². The van der Waals surface area contributed by atoms with Gasteiger partial charge in [0.05, 0.1) is 5.69 Å². The molecule has 96 valence electrons. The molecule has 1 aromatic heterocycles. The Kier molecular flexibility index (Phi) is 4.60. The summed E-state index contributed by atoms with van der Waals surface area (Å²) >= 11 is 0. The molecular weight excluding hydrogens is 210 g/mol. The van der Waals surface area contributed by atoms with Gasteiger partial charge in [0.1, 0.15) is 0 Å². The molecule has 1 unspecified atom stereocenters. The Morgan fingerprint density at radius 3 is 2.88 bits per heavy atom. The van der Waals surface area contributed by atoms with Crippen LogP contribution in [0.2, 0.25) is 0 Å². The minimum absolute atomic E-state index is 0.635. The third-order valence-corrected chi connectivity index (χ3v) is 4.07. The maximum Gasteiger partial charge on any atom is 0.0522 e. The molecule has 3 heteroatoms. The lowest BCUT2D eigenvalue weighted by atomic mass is 9.84. The van der Waals surface area contributed by atoms with E-state index in [2.05, 4.69) is 35.0 Å². The Labute approximate surface area is 105 Å². The molecule has 0 spiro atoms. The molecule has 1 atom stereocenters. The van der Waals surface area contributed by atoms with Crippen LogP contribution in [0.1, 0.15) is 51.6 Å². The zero-order valence-corrected chi connectivity index (χ0v) is 11.2. The lowest BCUT2D eigenvalue weighted by Crippen LogP contribution is -2.34. The number of hydrogen-bond acceptors (Lipinski definition) is 2. The summed E-state index contributed by atoms with van der Waals surface area (Å²) in [5.74, 6) is 0.877. The highest BCUT2D eigenvalue weighted by Gasteiger charge is 2.19. The normalized spacial score (nSPS) is 19.4. The fraction of sp³-hybridized carbons (Fsp3) is 0.786.